The first-order valence-corrected chi connectivity index (χ1v) is 9.42. The van der Waals surface area contributed by atoms with Gasteiger partial charge in [-0.1, -0.05) is 0 Å². The van der Waals surface area contributed by atoms with Crippen molar-refractivity contribution in [2.24, 2.45) is 0 Å². The number of rotatable bonds is 6. The topological polar surface area (TPSA) is 130 Å². The Hall–Kier alpha value is -2.64. The van der Waals surface area contributed by atoms with Gasteiger partial charge < -0.3 is 16.2 Å². The fourth-order valence-electron chi connectivity index (χ4n) is 3.06. The lowest BCUT2D eigenvalue weighted by molar-refractivity contribution is 0.202. The Morgan fingerprint density at radius 2 is 2.22 bits per heavy atom. The normalized spacial score (nSPS) is 15.0. The summed E-state index contributed by atoms with van der Waals surface area (Å²) >= 11 is 3.46. The van der Waals surface area contributed by atoms with Crippen LogP contribution < -0.4 is 11.1 Å². The predicted molar refractivity (Wildman–Crippen MR) is 103 cm³/mol. The third-order valence-corrected chi connectivity index (χ3v) is 5.87. The minimum absolute atomic E-state index is 0.112. The van der Waals surface area contributed by atoms with E-state index < -0.39 is 0 Å². The fourth-order valence-corrected chi connectivity index (χ4v) is 3.40. The molecule has 0 spiro atoms. The molecule has 0 atom stereocenters. The van der Waals surface area contributed by atoms with E-state index in [1.807, 2.05) is 23.9 Å². The van der Waals surface area contributed by atoms with Crippen LogP contribution in [0.15, 0.2) is 16.7 Å². The number of nitrogens with two attached hydrogens (primary N) is 1. The summed E-state index contributed by atoms with van der Waals surface area (Å²) in [4.78, 5) is 4.51. The zero-order chi connectivity index (χ0) is 19.2. The molecule has 1 saturated carbocycles. The SMILES string of the molecule is Cc1nn2c(N)c(C#N)c(NCCc3ccn(C4(CO)CC4)n3)nc2c1Br. The molecule has 0 saturated heterocycles. The Balaban J connectivity index is 1.52. The third kappa shape index (κ3) is 2.93. The van der Waals surface area contributed by atoms with E-state index in [0.717, 1.165) is 28.7 Å². The van der Waals surface area contributed by atoms with E-state index in [2.05, 4.69) is 42.5 Å². The van der Waals surface area contributed by atoms with Crippen molar-refractivity contribution in [1.82, 2.24) is 24.4 Å². The molecule has 10 heteroatoms. The minimum Gasteiger partial charge on any atom is -0.394 e. The molecule has 3 heterocycles. The van der Waals surface area contributed by atoms with E-state index in [9.17, 15) is 10.4 Å². The molecule has 3 aromatic rings. The lowest BCUT2D eigenvalue weighted by atomic mass is 10.2. The van der Waals surface area contributed by atoms with Crippen molar-refractivity contribution in [2.75, 3.05) is 24.2 Å². The number of fused-ring (bicyclic) bond motifs is 1. The molecule has 9 nitrogen and oxygen atoms in total. The number of aliphatic hydroxyl groups excluding tert-OH is 1. The van der Waals surface area contributed by atoms with Crippen LogP contribution in [0.4, 0.5) is 11.6 Å². The van der Waals surface area contributed by atoms with E-state index in [0.29, 0.717) is 24.4 Å². The van der Waals surface area contributed by atoms with Crippen LogP contribution in [0.2, 0.25) is 0 Å². The van der Waals surface area contributed by atoms with E-state index in [1.165, 1.54) is 4.52 Å². The maximum absolute atomic E-state index is 9.50. The Kier molecular flexibility index (Phi) is 4.28. The molecule has 1 aliphatic carbocycles. The first-order chi connectivity index (χ1) is 13.0. The number of anilines is 2. The number of nitrogen functional groups attached to an aromatic ring is 1. The van der Waals surface area contributed by atoms with Crippen LogP contribution in [-0.4, -0.2) is 42.6 Å². The number of aromatic nitrogens is 5. The van der Waals surface area contributed by atoms with Crippen molar-refractivity contribution < 1.29 is 5.11 Å². The fraction of sp³-hybridized carbons (Fsp3) is 0.412. The molecule has 140 valence electrons. The summed E-state index contributed by atoms with van der Waals surface area (Å²) < 4.78 is 4.07. The molecule has 3 aromatic heterocycles. The maximum atomic E-state index is 9.50. The lowest BCUT2D eigenvalue weighted by Gasteiger charge is -2.12. The molecular formula is C17H19BrN8O. The van der Waals surface area contributed by atoms with Gasteiger partial charge in [-0.2, -0.15) is 20.0 Å². The monoisotopic (exact) mass is 430 g/mol. The highest BCUT2D eigenvalue weighted by molar-refractivity contribution is 9.10. The van der Waals surface area contributed by atoms with Crippen LogP contribution in [0.3, 0.4) is 0 Å². The number of halogens is 1. The smallest absolute Gasteiger partial charge is 0.174 e. The molecule has 0 unspecified atom stereocenters. The second-order valence-corrected chi connectivity index (χ2v) is 7.57. The highest BCUT2D eigenvalue weighted by atomic mass is 79.9. The van der Waals surface area contributed by atoms with Crippen molar-refractivity contribution in [3.63, 3.8) is 0 Å². The summed E-state index contributed by atoms with van der Waals surface area (Å²) in [5.74, 6) is 0.679. The molecule has 0 amide bonds. The van der Waals surface area contributed by atoms with E-state index in [4.69, 9.17) is 5.73 Å². The second kappa shape index (κ2) is 6.51. The van der Waals surface area contributed by atoms with Gasteiger partial charge in [0.25, 0.3) is 0 Å². The van der Waals surface area contributed by atoms with Gasteiger partial charge in [-0.25, -0.2) is 4.98 Å². The van der Waals surface area contributed by atoms with Gasteiger partial charge in [-0.15, -0.1) is 0 Å². The van der Waals surface area contributed by atoms with Crippen molar-refractivity contribution in [1.29, 1.82) is 5.26 Å². The molecule has 1 fully saturated rings. The number of aryl methyl sites for hydroxylation is 1. The lowest BCUT2D eigenvalue weighted by Crippen LogP contribution is -2.22. The average Bonchev–Trinajstić information content (AvgIpc) is 3.23. The summed E-state index contributed by atoms with van der Waals surface area (Å²) in [7, 11) is 0. The van der Waals surface area contributed by atoms with Crippen LogP contribution in [0.5, 0.6) is 0 Å². The van der Waals surface area contributed by atoms with Crippen molar-refractivity contribution >= 4 is 33.2 Å². The van der Waals surface area contributed by atoms with Gasteiger partial charge in [0.15, 0.2) is 5.65 Å². The van der Waals surface area contributed by atoms with Crippen molar-refractivity contribution in [2.45, 2.75) is 31.7 Å². The molecule has 1 aliphatic rings. The summed E-state index contributed by atoms with van der Waals surface area (Å²) in [6.45, 7) is 2.50. The van der Waals surface area contributed by atoms with E-state index in [1.54, 1.807) is 0 Å². The molecule has 4 rings (SSSR count). The Morgan fingerprint density at radius 1 is 1.44 bits per heavy atom. The Morgan fingerprint density at radius 3 is 2.89 bits per heavy atom. The molecule has 0 aromatic carbocycles. The summed E-state index contributed by atoms with van der Waals surface area (Å²) in [5.41, 5.74) is 8.40. The van der Waals surface area contributed by atoms with Gasteiger partial charge in [-0.05, 0) is 41.8 Å². The maximum Gasteiger partial charge on any atom is 0.174 e. The van der Waals surface area contributed by atoms with Gasteiger partial charge in [0.1, 0.15) is 23.3 Å². The number of nitrogens with one attached hydrogen (secondary N) is 1. The standard InChI is InChI=1S/C17H19BrN8O/c1-10-13(18)16-22-15(12(8-19)14(20)26(16)23-10)21-6-2-11-3-7-25(24-11)17(9-27)4-5-17/h3,7,27H,2,4-6,9,20H2,1H3,(H,21,22). The molecule has 0 aliphatic heterocycles. The van der Waals surface area contributed by atoms with E-state index >= 15 is 0 Å². The minimum atomic E-state index is -0.202. The largest absolute Gasteiger partial charge is 0.394 e. The average molecular weight is 431 g/mol. The van der Waals surface area contributed by atoms with Gasteiger partial charge in [-0.3, -0.25) is 4.68 Å². The zero-order valence-corrected chi connectivity index (χ0v) is 16.4. The number of hydrogen-bond donors (Lipinski definition) is 3. The number of nitriles is 1. The van der Waals surface area contributed by atoms with Gasteiger partial charge in [0.05, 0.1) is 28.0 Å². The van der Waals surface area contributed by atoms with Crippen LogP contribution >= 0.6 is 15.9 Å². The van der Waals surface area contributed by atoms with Crippen LogP contribution in [0.1, 0.15) is 29.8 Å². The summed E-state index contributed by atoms with van der Waals surface area (Å²) in [5, 5.41) is 31.0. The Bertz CT molecular complexity index is 1060. The first kappa shape index (κ1) is 17.8. The molecule has 0 bridgehead atoms. The number of hydrogen-bond acceptors (Lipinski definition) is 7. The van der Waals surface area contributed by atoms with Gasteiger partial charge in [0.2, 0.25) is 0 Å². The zero-order valence-electron chi connectivity index (χ0n) is 14.8. The summed E-state index contributed by atoms with van der Waals surface area (Å²) in [6, 6.07) is 4.05. The molecule has 4 N–H and O–H groups in total. The van der Waals surface area contributed by atoms with Crippen LogP contribution in [-0.2, 0) is 12.0 Å². The second-order valence-electron chi connectivity index (χ2n) is 6.78. The molecular weight excluding hydrogens is 412 g/mol. The number of aliphatic hydroxyl groups is 1. The van der Waals surface area contributed by atoms with Crippen molar-refractivity contribution in [3.8, 4) is 6.07 Å². The highest BCUT2D eigenvalue weighted by Crippen LogP contribution is 2.42. The number of nitrogens with zero attached hydrogens (tertiary/aromatic N) is 6. The quantitative estimate of drug-likeness (QED) is 0.540. The summed E-state index contributed by atoms with van der Waals surface area (Å²) in [6.07, 6.45) is 4.48. The van der Waals surface area contributed by atoms with Gasteiger partial charge in [0, 0.05) is 19.2 Å². The highest BCUT2D eigenvalue weighted by Gasteiger charge is 2.44. The van der Waals surface area contributed by atoms with Crippen molar-refractivity contribution in [3.05, 3.63) is 33.7 Å². The predicted octanol–water partition coefficient (Wildman–Crippen LogP) is 1.59. The van der Waals surface area contributed by atoms with Crippen LogP contribution in [0.25, 0.3) is 5.65 Å². The van der Waals surface area contributed by atoms with Crippen LogP contribution in [0, 0.1) is 18.3 Å². The molecule has 0 radical (unpaired) electrons. The molecule has 27 heavy (non-hydrogen) atoms. The Labute approximate surface area is 163 Å². The first-order valence-electron chi connectivity index (χ1n) is 8.63. The van der Waals surface area contributed by atoms with E-state index in [-0.39, 0.29) is 23.5 Å². The van der Waals surface area contributed by atoms with Gasteiger partial charge >= 0.3 is 0 Å². The third-order valence-electron chi connectivity index (χ3n) is 4.94.